The van der Waals surface area contributed by atoms with E-state index >= 15 is 0 Å². The van der Waals surface area contributed by atoms with E-state index in [4.69, 9.17) is 0 Å². The number of sulfonamides is 1. The van der Waals surface area contributed by atoms with Gasteiger partial charge >= 0.3 is 0 Å². The van der Waals surface area contributed by atoms with E-state index in [2.05, 4.69) is 24.3 Å². The SMILES string of the molecule is CNCC1CCN(S(=O)(=O)c2c(C)nn(CC(C)C)c2C)C1.Cl. The van der Waals surface area contributed by atoms with Crippen molar-refractivity contribution in [3.8, 4) is 0 Å². The van der Waals surface area contributed by atoms with Crippen LogP contribution in [-0.4, -0.2) is 49.2 Å². The van der Waals surface area contributed by atoms with E-state index in [1.54, 1.807) is 11.2 Å². The molecular formula is C15H29ClN4O2S. The molecule has 1 aromatic heterocycles. The molecule has 0 bridgehead atoms. The minimum Gasteiger partial charge on any atom is -0.319 e. The van der Waals surface area contributed by atoms with Crippen LogP contribution in [0.25, 0.3) is 0 Å². The Hall–Kier alpha value is -0.630. The van der Waals surface area contributed by atoms with Gasteiger partial charge in [0.1, 0.15) is 4.90 Å². The van der Waals surface area contributed by atoms with Gasteiger partial charge in [-0.1, -0.05) is 13.8 Å². The van der Waals surface area contributed by atoms with Crippen LogP contribution in [0.4, 0.5) is 0 Å². The average molecular weight is 365 g/mol. The number of aromatic nitrogens is 2. The largest absolute Gasteiger partial charge is 0.319 e. The summed E-state index contributed by atoms with van der Waals surface area (Å²) in [4.78, 5) is 0.401. The summed E-state index contributed by atoms with van der Waals surface area (Å²) in [7, 11) is -1.54. The van der Waals surface area contributed by atoms with Gasteiger partial charge in [0, 0.05) is 19.6 Å². The number of hydrogen-bond donors (Lipinski definition) is 1. The average Bonchev–Trinajstić information content (AvgIpc) is 2.96. The van der Waals surface area contributed by atoms with Crippen molar-refractivity contribution < 1.29 is 8.42 Å². The van der Waals surface area contributed by atoms with E-state index in [0.717, 1.165) is 25.2 Å². The van der Waals surface area contributed by atoms with Gasteiger partial charge in [-0.05, 0) is 45.7 Å². The Kier molecular flexibility index (Phi) is 7.07. The second-order valence-electron chi connectivity index (χ2n) is 6.65. The topological polar surface area (TPSA) is 67.2 Å². The molecule has 0 aromatic carbocycles. The van der Waals surface area contributed by atoms with Crippen molar-refractivity contribution in [3.63, 3.8) is 0 Å². The summed E-state index contributed by atoms with van der Waals surface area (Å²) in [6, 6.07) is 0. The molecule has 0 radical (unpaired) electrons. The van der Waals surface area contributed by atoms with Gasteiger partial charge in [0.2, 0.25) is 10.0 Å². The van der Waals surface area contributed by atoms with Gasteiger partial charge < -0.3 is 5.32 Å². The Morgan fingerprint density at radius 2 is 2.00 bits per heavy atom. The molecule has 6 nitrogen and oxygen atoms in total. The fraction of sp³-hybridized carbons (Fsp3) is 0.800. The summed E-state index contributed by atoms with van der Waals surface area (Å²) in [6.45, 7) is 10.6. The first-order chi connectivity index (χ1) is 10.3. The molecule has 23 heavy (non-hydrogen) atoms. The van der Waals surface area contributed by atoms with Crippen molar-refractivity contribution in [3.05, 3.63) is 11.4 Å². The normalized spacial score (nSPS) is 19.3. The lowest BCUT2D eigenvalue weighted by Crippen LogP contribution is -2.31. The van der Waals surface area contributed by atoms with Crippen LogP contribution in [0.15, 0.2) is 4.90 Å². The van der Waals surface area contributed by atoms with Crippen molar-refractivity contribution in [1.82, 2.24) is 19.4 Å². The number of nitrogens with zero attached hydrogens (tertiary/aromatic N) is 3. The van der Waals surface area contributed by atoms with Crippen LogP contribution in [0.1, 0.15) is 31.7 Å². The fourth-order valence-corrected chi connectivity index (χ4v) is 5.08. The number of hydrogen-bond acceptors (Lipinski definition) is 4. The zero-order valence-electron chi connectivity index (χ0n) is 14.7. The molecule has 0 saturated carbocycles. The first-order valence-electron chi connectivity index (χ1n) is 7.96. The highest BCUT2D eigenvalue weighted by molar-refractivity contribution is 7.89. The molecule has 1 aromatic rings. The molecule has 1 atom stereocenters. The molecule has 1 N–H and O–H groups in total. The van der Waals surface area contributed by atoms with Crippen LogP contribution in [-0.2, 0) is 16.6 Å². The maximum atomic E-state index is 13.0. The number of halogens is 1. The Bertz CT molecular complexity index is 628. The van der Waals surface area contributed by atoms with Crippen LogP contribution in [0.2, 0.25) is 0 Å². The Balaban J connectivity index is 0.00000264. The molecule has 0 aliphatic carbocycles. The van der Waals surface area contributed by atoms with E-state index in [0.29, 0.717) is 35.5 Å². The molecule has 0 spiro atoms. The summed E-state index contributed by atoms with van der Waals surface area (Å²) >= 11 is 0. The minimum absolute atomic E-state index is 0. The van der Waals surface area contributed by atoms with Crippen molar-refractivity contribution in [2.24, 2.45) is 11.8 Å². The molecule has 1 aliphatic rings. The van der Waals surface area contributed by atoms with Crippen LogP contribution >= 0.6 is 12.4 Å². The van der Waals surface area contributed by atoms with Crippen LogP contribution in [0, 0.1) is 25.7 Å². The van der Waals surface area contributed by atoms with Crippen molar-refractivity contribution in [2.45, 2.75) is 45.6 Å². The highest BCUT2D eigenvalue weighted by Gasteiger charge is 2.35. The Labute approximate surface area is 146 Å². The summed E-state index contributed by atoms with van der Waals surface area (Å²) < 4.78 is 29.4. The van der Waals surface area contributed by atoms with Crippen molar-refractivity contribution in [1.29, 1.82) is 0 Å². The highest BCUT2D eigenvalue weighted by atomic mass is 35.5. The third kappa shape index (κ3) is 4.26. The number of aryl methyl sites for hydroxylation is 1. The highest BCUT2D eigenvalue weighted by Crippen LogP contribution is 2.28. The molecule has 1 saturated heterocycles. The lowest BCUT2D eigenvalue weighted by molar-refractivity contribution is 0.449. The quantitative estimate of drug-likeness (QED) is 0.835. The first-order valence-corrected chi connectivity index (χ1v) is 9.40. The van der Waals surface area contributed by atoms with Gasteiger partial charge in [-0.3, -0.25) is 4.68 Å². The summed E-state index contributed by atoms with van der Waals surface area (Å²) in [5.74, 6) is 0.825. The zero-order valence-corrected chi connectivity index (χ0v) is 16.3. The maximum Gasteiger partial charge on any atom is 0.246 e. The summed E-state index contributed by atoms with van der Waals surface area (Å²) in [6.07, 6.45) is 0.915. The Morgan fingerprint density at radius 3 is 2.57 bits per heavy atom. The molecule has 1 unspecified atom stereocenters. The van der Waals surface area contributed by atoms with Gasteiger partial charge in [-0.2, -0.15) is 9.40 Å². The van der Waals surface area contributed by atoms with Crippen LogP contribution in [0.5, 0.6) is 0 Å². The molecule has 1 fully saturated rings. The van der Waals surface area contributed by atoms with Crippen LogP contribution in [0.3, 0.4) is 0 Å². The van der Waals surface area contributed by atoms with E-state index in [1.807, 2.05) is 18.7 Å². The molecule has 1 aliphatic heterocycles. The molecule has 0 amide bonds. The monoisotopic (exact) mass is 364 g/mol. The molecular weight excluding hydrogens is 336 g/mol. The Morgan fingerprint density at radius 1 is 1.35 bits per heavy atom. The number of nitrogens with one attached hydrogen (secondary N) is 1. The van der Waals surface area contributed by atoms with Gasteiger partial charge in [0.05, 0.1) is 11.4 Å². The predicted octanol–water partition coefficient (Wildman–Crippen LogP) is 1.81. The molecule has 2 rings (SSSR count). The molecule has 8 heteroatoms. The molecule has 134 valence electrons. The van der Waals surface area contributed by atoms with Crippen molar-refractivity contribution >= 4 is 22.4 Å². The lowest BCUT2D eigenvalue weighted by Gasteiger charge is -2.17. The second kappa shape index (κ2) is 7.96. The van der Waals surface area contributed by atoms with Crippen LogP contribution < -0.4 is 5.32 Å². The first kappa shape index (κ1) is 20.4. The minimum atomic E-state index is -3.44. The maximum absolute atomic E-state index is 13.0. The van der Waals surface area contributed by atoms with Crippen molar-refractivity contribution in [2.75, 3.05) is 26.7 Å². The third-order valence-electron chi connectivity index (χ3n) is 4.19. The van der Waals surface area contributed by atoms with E-state index < -0.39 is 10.0 Å². The zero-order chi connectivity index (χ0) is 16.5. The number of rotatable bonds is 6. The van der Waals surface area contributed by atoms with Gasteiger partial charge in [-0.25, -0.2) is 8.42 Å². The summed E-state index contributed by atoms with van der Waals surface area (Å²) in [5.41, 5.74) is 1.36. The smallest absolute Gasteiger partial charge is 0.246 e. The second-order valence-corrected chi connectivity index (χ2v) is 8.53. The lowest BCUT2D eigenvalue weighted by atomic mass is 10.1. The van der Waals surface area contributed by atoms with Gasteiger partial charge in [0.25, 0.3) is 0 Å². The predicted molar refractivity (Wildman–Crippen MR) is 94.6 cm³/mol. The standard InChI is InChI=1S/C15H28N4O2S.ClH/c1-11(2)9-19-13(4)15(12(3)17-19)22(20,21)18-7-6-14(10-18)8-16-5;/h11,14,16H,6-10H2,1-5H3;1H. The summed E-state index contributed by atoms with van der Waals surface area (Å²) in [5, 5.41) is 7.57. The fourth-order valence-electron chi connectivity index (χ4n) is 3.18. The van der Waals surface area contributed by atoms with Gasteiger partial charge in [-0.15, -0.1) is 12.4 Å². The molecule has 2 heterocycles. The van der Waals surface area contributed by atoms with E-state index in [9.17, 15) is 8.42 Å². The van der Waals surface area contributed by atoms with Gasteiger partial charge in [0.15, 0.2) is 0 Å². The van der Waals surface area contributed by atoms with E-state index in [1.165, 1.54) is 0 Å². The third-order valence-corrected chi connectivity index (χ3v) is 6.31. The van der Waals surface area contributed by atoms with E-state index in [-0.39, 0.29) is 12.4 Å².